The first-order valence-corrected chi connectivity index (χ1v) is 6.42. The van der Waals surface area contributed by atoms with Gasteiger partial charge in [0.2, 0.25) is 0 Å². The second-order valence-electron chi connectivity index (χ2n) is 4.67. The fourth-order valence-corrected chi connectivity index (χ4v) is 2.43. The molecule has 0 spiro atoms. The predicted molar refractivity (Wildman–Crippen MR) is 67.2 cm³/mol. The van der Waals surface area contributed by atoms with Crippen LogP contribution in [0.2, 0.25) is 5.02 Å². The normalized spacial score (nSPS) is 16.9. The van der Waals surface area contributed by atoms with Crippen molar-refractivity contribution < 1.29 is 0 Å². The van der Waals surface area contributed by atoms with E-state index in [0.29, 0.717) is 10.9 Å². The highest BCUT2D eigenvalue weighted by molar-refractivity contribution is 6.30. The van der Waals surface area contributed by atoms with Gasteiger partial charge in [0.25, 0.3) is 0 Å². The van der Waals surface area contributed by atoms with Gasteiger partial charge < -0.3 is 4.90 Å². The van der Waals surface area contributed by atoms with Gasteiger partial charge in [0.05, 0.1) is 24.0 Å². The molecule has 1 saturated heterocycles. The van der Waals surface area contributed by atoms with Crippen molar-refractivity contribution in [1.82, 2.24) is 29.7 Å². The van der Waals surface area contributed by atoms with Crippen molar-refractivity contribution in [3.8, 4) is 0 Å². The molecule has 2 aromatic rings. The number of halogens is 1. The first kappa shape index (κ1) is 11.7. The molecule has 3 rings (SSSR count). The zero-order valence-electron chi connectivity index (χ0n) is 9.98. The molecule has 1 fully saturated rings. The lowest BCUT2D eigenvalue weighted by Crippen LogP contribution is -2.49. The number of hydrogen-bond acceptors (Lipinski definition) is 4. The van der Waals surface area contributed by atoms with Crippen molar-refractivity contribution in [1.29, 1.82) is 0 Å². The minimum absolute atomic E-state index is 0.678. The maximum absolute atomic E-state index is 5.83. The Labute approximate surface area is 110 Å². The predicted octanol–water partition coefficient (Wildman–Crippen LogP) is 0.760. The molecule has 2 aromatic heterocycles. The van der Waals surface area contributed by atoms with Gasteiger partial charge in [-0.25, -0.2) is 0 Å². The summed E-state index contributed by atoms with van der Waals surface area (Å²) in [4.78, 5) is 2.41. The first-order chi connectivity index (χ1) is 8.79. The summed E-state index contributed by atoms with van der Waals surface area (Å²) < 4.78 is 3.78. The van der Waals surface area contributed by atoms with E-state index in [2.05, 4.69) is 20.3 Å². The molecule has 3 heterocycles. The Balaban J connectivity index is 1.38. The smallest absolute Gasteiger partial charge is 0.0785 e. The fraction of sp³-hybridized carbons (Fsp3) is 0.545. The molecule has 0 unspecified atom stereocenters. The number of aromatic nitrogens is 5. The molecule has 6 nitrogen and oxygen atoms in total. The molecule has 96 valence electrons. The van der Waals surface area contributed by atoms with Crippen LogP contribution < -0.4 is 0 Å². The molecular weight excluding hydrogens is 252 g/mol. The van der Waals surface area contributed by atoms with Crippen LogP contribution >= 0.6 is 11.6 Å². The molecule has 0 aromatic carbocycles. The summed E-state index contributed by atoms with van der Waals surface area (Å²) in [5.74, 6) is 0.678. The van der Waals surface area contributed by atoms with Crippen molar-refractivity contribution in [3.63, 3.8) is 0 Å². The van der Waals surface area contributed by atoms with E-state index in [1.54, 1.807) is 12.4 Å². The van der Waals surface area contributed by atoms with Crippen LogP contribution in [0.1, 0.15) is 0 Å². The van der Waals surface area contributed by atoms with Crippen molar-refractivity contribution in [2.75, 3.05) is 19.6 Å². The molecule has 1 aliphatic rings. The van der Waals surface area contributed by atoms with Crippen LogP contribution in [0, 0.1) is 5.92 Å². The Morgan fingerprint density at radius 1 is 1.28 bits per heavy atom. The molecule has 0 aliphatic carbocycles. The molecule has 0 bridgehead atoms. The highest BCUT2D eigenvalue weighted by Crippen LogP contribution is 2.17. The molecule has 0 radical (unpaired) electrons. The highest BCUT2D eigenvalue weighted by Gasteiger charge is 2.26. The Morgan fingerprint density at radius 3 is 2.83 bits per heavy atom. The minimum atomic E-state index is 0.678. The molecule has 1 aliphatic heterocycles. The summed E-state index contributed by atoms with van der Waals surface area (Å²) in [5.41, 5.74) is 0. The monoisotopic (exact) mass is 266 g/mol. The maximum atomic E-state index is 5.83. The summed E-state index contributed by atoms with van der Waals surface area (Å²) in [6.45, 7) is 5.12. The van der Waals surface area contributed by atoms with E-state index < -0.39 is 0 Å². The van der Waals surface area contributed by atoms with Gasteiger partial charge in [-0.1, -0.05) is 16.8 Å². The van der Waals surface area contributed by atoms with Crippen LogP contribution in [0.15, 0.2) is 24.8 Å². The summed E-state index contributed by atoms with van der Waals surface area (Å²) in [5, 5.41) is 12.6. The Bertz CT molecular complexity index is 487. The summed E-state index contributed by atoms with van der Waals surface area (Å²) >= 11 is 5.83. The molecule has 0 N–H and O–H groups in total. The molecule has 0 saturated carbocycles. The van der Waals surface area contributed by atoms with Crippen molar-refractivity contribution >= 4 is 11.6 Å². The second kappa shape index (κ2) is 5.07. The highest BCUT2D eigenvalue weighted by atomic mass is 35.5. The lowest BCUT2D eigenvalue weighted by atomic mass is 10.0. The van der Waals surface area contributed by atoms with Crippen LogP contribution in [0.4, 0.5) is 0 Å². The first-order valence-electron chi connectivity index (χ1n) is 6.04. The van der Waals surface area contributed by atoms with Crippen molar-refractivity contribution in [3.05, 3.63) is 29.8 Å². The number of nitrogens with zero attached hydrogens (tertiary/aromatic N) is 6. The number of rotatable bonds is 5. The van der Waals surface area contributed by atoms with E-state index >= 15 is 0 Å². The van der Waals surface area contributed by atoms with E-state index in [4.69, 9.17) is 11.6 Å². The average molecular weight is 267 g/mol. The van der Waals surface area contributed by atoms with Gasteiger partial charge in [-0.05, 0) is 0 Å². The van der Waals surface area contributed by atoms with Crippen LogP contribution in [0.5, 0.6) is 0 Å². The average Bonchev–Trinajstić information content (AvgIpc) is 2.93. The molecule has 0 amide bonds. The van der Waals surface area contributed by atoms with E-state index in [1.165, 1.54) is 0 Å². The zero-order chi connectivity index (χ0) is 12.4. The quantitative estimate of drug-likeness (QED) is 0.802. The van der Waals surface area contributed by atoms with Gasteiger partial charge in [0.15, 0.2) is 0 Å². The third kappa shape index (κ3) is 2.70. The van der Waals surface area contributed by atoms with Gasteiger partial charge in [-0.3, -0.25) is 9.36 Å². The van der Waals surface area contributed by atoms with Crippen LogP contribution in [0.25, 0.3) is 0 Å². The Morgan fingerprint density at radius 2 is 2.17 bits per heavy atom. The molecule has 7 heteroatoms. The van der Waals surface area contributed by atoms with E-state index in [1.807, 2.05) is 21.8 Å². The third-order valence-electron chi connectivity index (χ3n) is 3.20. The fourth-order valence-electron chi connectivity index (χ4n) is 2.27. The summed E-state index contributed by atoms with van der Waals surface area (Å²) in [7, 11) is 0. The van der Waals surface area contributed by atoms with E-state index in [-0.39, 0.29) is 0 Å². The summed E-state index contributed by atoms with van der Waals surface area (Å²) in [6.07, 6.45) is 7.16. The van der Waals surface area contributed by atoms with Crippen LogP contribution in [0.3, 0.4) is 0 Å². The largest absolute Gasteiger partial charge is 0.301 e. The van der Waals surface area contributed by atoms with Crippen molar-refractivity contribution in [2.24, 2.45) is 5.92 Å². The lowest BCUT2D eigenvalue weighted by molar-refractivity contribution is 0.0804. The summed E-state index contributed by atoms with van der Waals surface area (Å²) in [6, 6.07) is 0. The van der Waals surface area contributed by atoms with Gasteiger partial charge >= 0.3 is 0 Å². The second-order valence-corrected chi connectivity index (χ2v) is 5.11. The van der Waals surface area contributed by atoms with Crippen LogP contribution in [-0.2, 0) is 13.1 Å². The van der Waals surface area contributed by atoms with E-state index in [9.17, 15) is 0 Å². The zero-order valence-corrected chi connectivity index (χ0v) is 10.7. The lowest BCUT2D eigenvalue weighted by Gasteiger charge is -2.39. The van der Waals surface area contributed by atoms with Crippen molar-refractivity contribution in [2.45, 2.75) is 13.1 Å². The topological polar surface area (TPSA) is 51.8 Å². The maximum Gasteiger partial charge on any atom is 0.0785 e. The SMILES string of the molecule is Clc1cnn(CC2CN(CCn3ccnn3)C2)c1. The number of hydrogen-bond donors (Lipinski definition) is 0. The molecular formula is C11H15ClN6. The van der Waals surface area contributed by atoms with Gasteiger partial charge in [0.1, 0.15) is 0 Å². The number of likely N-dealkylation sites (tertiary alicyclic amines) is 1. The molecule has 0 atom stereocenters. The third-order valence-corrected chi connectivity index (χ3v) is 3.39. The Kier molecular flexibility index (Phi) is 3.29. The van der Waals surface area contributed by atoms with Gasteiger partial charge in [-0.2, -0.15) is 5.10 Å². The minimum Gasteiger partial charge on any atom is -0.301 e. The van der Waals surface area contributed by atoms with Crippen LogP contribution in [-0.4, -0.2) is 49.3 Å². The Hall–Kier alpha value is -1.40. The van der Waals surface area contributed by atoms with Gasteiger partial charge in [-0.15, -0.1) is 5.10 Å². The van der Waals surface area contributed by atoms with E-state index in [0.717, 1.165) is 32.7 Å². The molecule has 18 heavy (non-hydrogen) atoms. The standard InChI is InChI=1S/C11H15ClN6/c12-11-5-14-18(9-11)8-10-6-16(7-10)3-4-17-2-1-13-15-17/h1-2,5,9-10H,3-4,6-8H2. The van der Waals surface area contributed by atoms with Gasteiger partial charge in [0, 0.05) is 44.5 Å².